The summed E-state index contributed by atoms with van der Waals surface area (Å²) in [5.74, 6) is -0.484. The van der Waals surface area contributed by atoms with Gasteiger partial charge in [-0.2, -0.15) is 5.10 Å². The molecular weight excluding hydrogens is 429 g/mol. The Morgan fingerprint density at radius 3 is 2.69 bits per heavy atom. The lowest BCUT2D eigenvalue weighted by molar-refractivity contribution is -0.129. The zero-order valence-corrected chi connectivity index (χ0v) is 19.1. The van der Waals surface area contributed by atoms with Crippen LogP contribution in [0.3, 0.4) is 0 Å². The fraction of sp³-hybridized carbons (Fsp3) is 0.292. The number of fused-ring (bicyclic) bond motifs is 1. The smallest absolute Gasteiger partial charge is 0.246 e. The van der Waals surface area contributed by atoms with E-state index >= 15 is 0 Å². The van der Waals surface area contributed by atoms with E-state index in [0.717, 1.165) is 16.8 Å². The van der Waals surface area contributed by atoms with Crippen molar-refractivity contribution in [3.63, 3.8) is 0 Å². The lowest BCUT2D eigenvalue weighted by Crippen LogP contribution is -2.40. The summed E-state index contributed by atoms with van der Waals surface area (Å²) in [4.78, 5) is 20.9. The van der Waals surface area contributed by atoms with Gasteiger partial charge in [0.15, 0.2) is 0 Å². The molecule has 2 aromatic heterocycles. The van der Waals surface area contributed by atoms with Crippen molar-refractivity contribution in [2.75, 3.05) is 27.2 Å². The minimum absolute atomic E-state index is 0.0494. The maximum atomic E-state index is 14.9. The van der Waals surface area contributed by atoms with Crippen molar-refractivity contribution in [3.05, 3.63) is 71.4 Å². The van der Waals surface area contributed by atoms with E-state index in [1.807, 2.05) is 53.7 Å². The topological polar surface area (TPSA) is 54.3 Å². The average molecular weight is 454 g/mol. The number of hydrogen-bond donors (Lipinski definition) is 0. The Labute approximate surface area is 191 Å². The Morgan fingerprint density at radius 2 is 2.00 bits per heavy atom. The summed E-state index contributed by atoms with van der Waals surface area (Å²) in [6, 6.07) is 8.11. The first-order valence-electron chi connectivity index (χ1n) is 10.4. The van der Waals surface area contributed by atoms with Crippen molar-refractivity contribution in [1.82, 2.24) is 24.6 Å². The zero-order chi connectivity index (χ0) is 22.8. The van der Waals surface area contributed by atoms with Crippen molar-refractivity contribution >= 4 is 17.5 Å². The second-order valence-corrected chi connectivity index (χ2v) is 8.50. The van der Waals surface area contributed by atoms with E-state index < -0.39 is 5.82 Å². The minimum atomic E-state index is -0.435. The second kappa shape index (κ2) is 9.22. The molecule has 1 aliphatic rings. The van der Waals surface area contributed by atoms with Crippen LogP contribution in [0.25, 0.3) is 22.4 Å². The first-order valence-corrected chi connectivity index (χ1v) is 10.8. The van der Waals surface area contributed by atoms with Crippen LogP contribution in [0, 0.1) is 5.82 Å². The molecule has 0 saturated heterocycles. The van der Waals surface area contributed by atoms with E-state index in [1.54, 1.807) is 30.6 Å². The van der Waals surface area contributed by atoms with Gasteiger partial charge in [0.25, 0.3) is 0 Å². The molecule has 1 unspecified atom stereocenters. The van der Waals surface area contributed by atoms with Gasteiger partial charge in [-0.15, -0.1) is 0 Å². The first kappa shape index (κ1) is 22.2. The van der Waals surface area contributed by atoms with Crippen LogP contribution >= 0.6 is 11.6 Å². The van der Waals surface area contributed by atoms with E-state index in [4.69, 9.17) is 16.7 Å². The van der Waals surface area contributed by atoms with Crippen LogP contribution in [0.2, 0.25) is 5.02 Å². The van der Waals surface area contributed by atoms with Gasteiger partial charge in [-0.3, -0.25) is 14.5 Å². The molecule has 3 aromatic rings. The van der Waals surface area contributed by atoms with Crippen molar-refractivity contribution in [2.45, 2.75) is 19.5 Å². The molecule has 1 amide bonds. The normalized spacial score (nSPS) is 16.1. The molecule has 6 nitrogen and oxygen atoms in total. The van der Waals surface area contributed by atoms with Crippen LogP contribution in [-0.2, 0) is 11.3 Å². The summed E-state index contributed by atoms with van der Waals surface area (Å²) in [7, 11) is 3.91. The highest BCUT2D eigenvalue weighted by molar-refractivity contribution is 6.30. The number of likely N-dealkylation sites (N-methyl/N-ethyl adjacent to an activating group) is 1. The molecule has 166 valence electrons. The van der Waals surface area contributed by atoms with Crippen LogP contribution in [0.5, 0.6) is 0 Å². The van der Waals surface area contributed by atoms with Gasteiger partial charge in [-0.1, -0.05) is 17.7 Å². The van der Waals surface area contributed by atoms with Gasteiger partial charge in [0, 0.05) is 47.7 Å². The number of pyridine rings is 1. The minimum Gasteiger partial charge on any atom is -0.329 e. The molecule has 1 aromatic carbocycles. The predicted octanol–water partition coefficient (Wildman–Crippen LogP) is 4.43. The number of rotatable bonds is 5. The monoisotopic (exact) mass is 453 g/mol. The Hall–Kier alpha value is -3.03. The maximum Gasteiger partial charge on any atom is 0.246 e. The number of nitrogens with zero attached hydrogens (tertiary/aromatic N) is 5. The van der Waals surface area contributed by atoms with E-state index in [-0.39, 0.29) is 11.9 Å². The first-order chi connectivity index (χ1) is 15.4. The Morgan fingerprint density at radius 1 is 1.25 bits per heavy atom. The SMILES string of the molecule is CC1c2c(-c3ccncc3)c(-c3ccc(Cl)cc3F)nn2CCN1C(=O)/C=C/CN(C)C. The quantitative estimate of drug-likeness (QED) is 0.536. The molecule has 3 heterocycles. The van der Waals surface area contributed by atoms with Crippen molar-refractivity contribution in [3.8, 4) is 22.4 Å². The lowest BCUT2D eigenvalue weighted by Gasteiger charge is -2.34. The molecule has 1 aliphatic heterocycles. The summed E-state index contributed by atoms with van der Waals surface area (Å²) in [6.07, 6.45) is 6.87. The summed E-state index contributed by atoms with van der Waals surface area (Å²) in [5.41, 5.74) is 3.45. The highest BCUT2D eigenvalue weighted by Crippen LogP contribution is 2.41. The molecule has 0 N–H and O–H groups in total. The highest BCUT2D eigenvalue weighted by atomic mass is 35.5. The number of carbonyl (C=O) groups excluding carboxylic acids is 1. The Kier molecular flexibility index (Phi) is 6.39. The zero-order valence-electron chi connectivity index (χ0n) is 18.3. The van der Waals surface area contributed by atoms with Crippen LogP contribution < -0.4 is 0 Å². The molecule has 0 spiro atoms. The van der Waals surface area contributed by atoms with Crippen LogP contribution in [-0.4, -0.2) is 57.7 Å². The largest absolute Gasteiger partial charge is 0.329 e. The van der Waals surface area contributed by atoms with E-state index in [9.17, 15) is 9.18 Å². The molecule has 0 fully saturated rings. The lowest BCUT2D eigenvalue weighted by atomic mass is 9.95. The molecular formula is C24H25ClFN5O. The van der Waals surface area contributed by atoms with Crippen molar-refractivity contribution < 1.29 is 9.18 Å². The van der Waals surface area contributed by atoms with Crippen LogP contribution in [0.1, 0.15) is 18.7 Å². The summed E-state index contributed by atoms with van der Waals surface area (Å²) < 4.78 is 16.8. The van der Waals surface area contributed by atoms with Gasteiger partial charge in [0.2, 0.25) is 5.91 Å². The molecule has 1 atom stereocenters. The number of halogens is 2. The van der Waals surface area contributed by atoms with Gasteiger partial charge in [-0.05, 0) is 56.9 Å². The highest BCUT2D eigenvalue weighted by Gasteiger charge is 2.33. The summed E-state index contributed by atoms with van der Waals surface area (Å²) in [6.45, 7) is 3.73. The second-order valence-electron chi connectivity index (χ2n) is 8.06. The predicted molar refractivity (Wildman–Crippen MR) is 124 cm³/mol. The molecule has 0 bridgehead atoms. The van der Waals surface area contributed by atoms with E-state index in [2.05, 4.69) is 4.98 Å². The van der Waals surface area contributed by atoms with Crippen LogP contribution in [0.4, 0.5) is 4.39 Å². The van der Waals surface area contributed by atoms with Gasteiger partial charge < -0.3 is 9.80 Å². The molecule has 8 heteroatoms. The third kappa shape index (κ3) is 4.31. The van der Waals surface area contributed by atoms with Crippen molar-refractivity contribution in [2.24, 2.45) is 0 Å². The van der Waals surface area contributed by atoms with E-state index in [0.29, 0.717) is 35.9 Å². The van der Waals surface area contributed by atoms with Crippen LogP contribution in [0.15, 0.2) is 54.9 Å². The van der Waals surface area contributed by atoms with Gasteiger partial charge in [0.1, 0.15) is 11.5 Å². The number of benzene rings is 1. The third-order valence-corrected chi connectivity index (χ3v) is 5.81. The number of hydrogen-bond acceptors (Lipinski definition) is 4. The summed E-state index contributed by atoms with van der Waals surface area (Å²) in [5, 5.41) is 5.10. The molecule has 32 heavy (non-hydrogen) atoms. The van der Waals surface area contributed by atoms with E-state index in [1.165, 1.54) is 6.07 Å². The molecule has 0 saturated carbocycles. The standard InChI is InChI=1S/C24H25ClFN5O/c1-16-24-22(17-8-10-27-11-9-17)23(19-7-6-18(25)15-20(19)26)28-31(24)14-13-30(16)21(32)5-4-12-29(2)3/h4-11,15-16H,12-14H2,1-3H3/b5-4+. The van der Waals surface area contributed by atoms with Crippen molar-refractivity contribution in [1.29, 1.82) is 0 Å². The van der Waals surface area contributed by atoms with Gasteiger partial charge in [-0.25, -0.2) is 4.39 Å². The average Bonchev–Trinajstić information content (AvgIpc) is 3.14. The molecule has 0 aliphatic carbocycles. The molecule has 4 rings (SSSR count). The van der Waals surface area contributed by atoms with Gasteiger partial charge >= 0.3 is 0 Å². The Balaban J connectivity index is 1.81. The van der Waals surface area contributed by atoms with Gasteiger partial charge in [0.05, 0.1) is 18.3 Å². The molecule has 0 radical (unpaired) electrons. The fourth-order valence-corrected chi connectivity index (χ4v) is 4.21. The fourth-order valence-electron chi connectivity index (χ4n) is 4.05. The Bertz CT molecular complexity index is 1160. The number of aromatic nitrogens is 3. The number of carbonyl (C=O) groups is 1. The maximum absolute atomic E-state index is 14.9. The number of amides is 1. The third-order valence-electron chi connectivity index (χ3n) is 5.58. The summed E-state index contributed by atoms with van der Waals surface area (Å²) >= 11 is 5.97.